The summed E-state index contributed by atoms with van der Waals surface area (Å²) in [4.78, 5) is 17.6. The summed E-state index contributed by atoms with van der Waals surface area (Å²) < 4.78 is 24.6. The Morgan fingerprint density at radius 2 is 1.85 bits per heavy atom. The van der Waals surface area contributed by atoms with Gasteiger partial charge in [-0.1, -0.05) is 29.8 Å². The minimum absolute atomic E-state index is 0.00104. The zero-order valence-electron chi connectivity index (χ0n) is 14.7. The van der Waals surface area contributed by atoms with Gasteiger partial charge in [-0.05, 0) is 42.2 Å². The Labute approximate surface area is 168 Å². The third-order valence-corrected chi connectivity index (χ3v) is 7.71. The van der Waals surface area contributed by atoms with Gasteiger partial charge >= 0.3 is 6.03 Å². The number of sulfone groups is 1. The number of halogens is 1. The smallest absolute Gasteiger partial charge is 0.314 e. The Bertz CT molecular complexity index is 996. The maximum Gasteiger partial charge on any atom is 0.325 e. The van der Waals surface area contributed by atoms with E-state index in [2.05, 4.69) is 0 Å². The van der Waals surface area contributed by atoms with Gasteiger partial charge in [-0.3, -0.25) is 4.90 Å². The normalized spacial score (nSPS) is 23.7. The van der Waals surface area contributed by atoms with E-state index < -0.39 is 9.84 Å². The molecule has 2 aliphatic rings. The molecule has 5 nitrogen and oxygen atoms in total. The fourth-order valence-corrected chi connectivity index (χ4v) is 6.47. The van der Waals surface area contributed by atoms with Crippen LogP contribution in [0.15, 0.2) is 53.4 Å². The largest absolute Gasteiger partial charge is 0.325 e. The third kappa shape index (κ3) is 3.56. The average Bonchev–Trinajstić information content (AvgIpc) is 3.06. The molecular weight excluding hydrogens is 404 g/mol. The van der Waals surface area contributed by atoms with Gasteiger partial charge in [-0.15, -0.1) is 11.8 Å². The lowest BCUT2D eigenvalue weighted by Crippen LogP contribution is -2.37. The van der Waals surface area contributed by atoms with Crippen LogP contribution in [0.1, 0.15) is 5.56 Å². The Balaban J connectivity index is 1.71. The molecule has 27 heavy (non-hydrogen) atoms. The lowest BCUT2D eigenvalue weighted by atomic mass is 10.1. The molecule has 0 aromatic heterocycles. The van der Waals surface area contributed by atoms with E-state index in [0.717, 1.165) is 16.1 Å². The van der Waals surface area contributed by atoms with Gasteiger partial charge in [0.1, 0.15) is 0 Å². The first-order valence-electron chi connectivity index (χ1n) is 8.57. The number of anilines is 1. The van der Waals surface area contributed by atoms with Crippen molar-refractivity contribution in [2.24, 2.45) is 0 Å². The predicted molar refractivity (Wildman–Crippen MR) is 109 cm³/mol. The zero-order valence-corrected chi connectivity index (χ0v) is 17.1. The Morgan fingerprint density at radius 3 is 2.59 bits per heavy atom. The molecule has 0 spiro atoms. The van der Waals surface area contributed by atoms with Crippen molar-refractivity contribution < 1.29 is 13.2 Å². The van der Waals surface area contributed by atoms with Gasteiger partial charge in [0.15, 0.2) is 9.84 Å². The fourth-order valence-electron chi connectivity index (χ4n) is 3.86. The first-order chi connectivity index (χ1) is 12.9. The maximum atomic E-state index is 13.2. The molecule has 2 amide bonds. The highest BCUT2D eigenvalue weighted by molar-refractivity contribution is 7.98. The molecule has 0 N–H and O–H groups in total. The number of fused-ring (bicyclic) bond motifs is 1. The molecule has 142 valence electrons. The lowest BCUT2D eigenvalue weighted by Gasteiger charge is -2.23. The van der Waals surface area contributed by atoms with Gasteiger partial charge in [-0.25, -0.2) is 13.2 Å². The van der Waals surface area contributed by atoms with E-state index in [1.54, 1.807) is 27.6 Å². The summed E-state index contributed by atoms with van der Waals surface area (Å²) in [5.74, 6) is 0.00163. The van der Waals surface area contributed by atoms with Crippen molar-refractivity contribution in [3.05, 3.63) is 59.1 Å². The SMILES string of the molecule is CSc1cccc(N2C(=O)N(Cc3cccc(Cl)c3)C3CS(=O)(=O)CC32)c1. The highest BCUT2D eigenvalue weighted by Crippen LogP contribution is 2.37. The van der Waals surface area contributed by atoms with Crippen molar-refractivity contribution in [2.45, 2.75) is 23.5 Å². The van der Waals surface area contributed by atoms with Gasteiger partial charge in [0.05, 0.1) is 23.6 Å². The number of carbonyl (C=O) groups excluding carboxylic acids is 1. The summed E-state index contributed by atoms with van der Waals surface area (Å²) in [6.45, 7) is 0.342. The maximum absolute atomic E-state index is 13.2. The third-order valence-electron chi connectivity index (χ3n) is 5.05. The van der Waals surface area contributed by atoms with E-state index >= 15 is 0 Å². The minimum atomic E-state index is -3.19. The molecule has 2 aromatic rings. The van der Waals surface area contributed by atoms with Crippen LogP contribution in [0.4, 0.5) is 10.5 Å². The van der Waals surface area contributed by atoms with Gasteiger partial charge in [-0.2, -0.15) is 0 Å². The second kappa shape index (κ2) is 7.04. The first kappa shape index (κ1) is 18.7. The van der Waals surface area contributed by atoms with Crippen molar-refractivity contribution in [1.82, 2.24) is 4.90 Å². The quantitative estimate of drug-likeness (QED) is 0.557. The van der Waals surface area contributed by atoms with Crippen LogP contribution < -0.4 is 4.90 Å². The molecule has 0 aliphatic carbocycles. The molecule has 4 rings (SSSR count). The standard InChI is InChI=1S/C19H19ClN2O3S2/c1-26-16-7-3-6-15(9-16)22-18-12-27(24,25)11-17(18)21(19(22)23)10-13-4-2-5-14(20)8-13/h2-9,17-18H,10-12H2,1H3. The van der Waals surface area contributed by atoms with Gasteiger partial charge in [0.2, 0.25) is 0 Å². The van der Waals surface area contributed by atoms with E-state index in [1.165, 1.54) is 0 Å². The second-order valence-electron chi connectivity index (χ2n) is 6.82. The highest BCUT2D eigenvalue weighted by Gasteiger charge is 2.53. The molecular formula is C19H19ClN2O3S2. The number of hydrogen-bond acceptors (Lipinski definition) is 4. The Kier molecular flexibility index (Phi) is 4.86. The fraction of sp³-hybridized carbons (Fsp3) is 0.316. The topological polar surface area (TPSA) is 57.7 Å². The van der Waals surface area contributed by atoms with E-state index in [9.17, 15) is 13.2 Å². The van der Waals surface area contributed by atoms with Crippen molar-refractivity contribution in [1.29, 1.82) is 0 Å². The number of benzene rings is 2. The molecule has 8 heteroatoms. The summed E-state index contributed by atoms with van der Waals surface area (Å²) in [7, 11) is -3.19. The molecule has 0 radical (unpaired) electrons. The van der Waals surface area contributed by atoms with Crippen LogP contribution in [-0.4, -0.2) is 49.2 Å². The van der Waals surface area contributed by atoms with Crippen LogP contribution in [0.5, 0.6) is 0 Å². The number of urea groups is 1. The highest BCUT2D eigenvalue weighted by atomic mass is 35.5. The molecule has 2 aromatic carbocycles. The number of rotatable bonds is 4. The number of amides is 2. The average molecular weight is 423 g/mol. The van der Waals surface area contributed by atoms with E-state index in [1.807, 2.05) is 48.7 Å². The Morgan fingerprint density at radius 1 is 1.11 bits per heavy atom. The van der Waals surface area contributed by atoms with Crippen LogP contribution in [0, 0.1) is 0 Å². The van der Waals surface area contributed by atoms with Crippen molar-refractivity contribution in [3.63, 3.8) is 0 Å². The second-order valence-corrected chi connectivity index (χ2v) is 10.3. The van der Waals surface area contributed by atoms with Gasteiger partial charge in [0, 0.05) is 22.2 Å². The summed E-state index contributed by atoms with van der Waals surface area (Å²) in [6, 6.07) is 14.1. The molecule has 0 bridgehead atoms. The molecule has 2 heterocycles. The molecule has 2 atom stereocenters. The summed E-state index contributed by atoms with van der Waals surface area (Å²) >= 11 is 7.66. The van der Waals surface area contributed by atoms with E-state index in [-0.39, 0.29) is 29.6 Å². The molecule has 2 aliphatic heterocycles. The van der Waals surface area contributed by atoms with Crippen LogP contribution in [0.25, 0.3) is 0 Å². The van der Waals surface area contributed by atoms with Crippen LogP contribution in [0.3, 0.4) is 0 Å². The van der Waals surface area contributed by atoms with Crippen LogP contribution in [0.2, 0.25) is 5.02 Å². The number of carbonyl (C=O) groups is 1. The van der Waals surface area contributed by atoms with Crippen molar-refractivity contribution in [2.75, 3.05) is 22.7 Å². The van der Waals surface area contributed by atoms with E-state index in [4.69, 9.17) is 11.6 Å². The Hall–Kier alpha value is -1.70. The van der Waals surface area contributed by atoms with Crippen LogP contribution >= 0.6 is 23.4 Å². The summed E-state index contributed by atoms with van der Waals surface area (Å²) in [5, 5.41) is 0.597. The summed E-state index contributed by atoms with van der Waals surface area (Å²) in [6.07, 6.45) is 1.97. The molecule has 2 fully saturated rings. The molecule has 2 saturated heterocycles. The number of hydrogen-bond donors (Lipinski definition) is 0. The minimum Gasteiger partial charge on any atom is -0.314 e. The van der Waals surface area contributed by atoms with Crippen LogP contribution in [-0.2, 0) is 16.4 Å². The van der Waals surface area contributed by atoms with E-state index in [0.29, 0.717) is 11.6 Å². The number of thioether (sulfide) groups is 1. The lowest BCUT2D eigenvalue weighted by molar-refractivity contribution is 0.206. The van der Waals surface area contributed by atoms with Gasteiger partial charge in [0.25, 0.3) is 0 Å². The molecule has 0 saturated carbocycles. The summed E-state index contributed by atoms with van der Waals surface area (Å²) in [5.41, 5.74) is 1.63. The first-order valence-corrected chi connectivity index (χ1v) is 12.0. The zero-order chi connectivity index (χ0) is 19.2. The molecule has 2 unspecified atom stereocenters. The monoisotopic (exact) mass is 422 g/mol. The van der Waals surface area contributed by atoms with Crippen molar-refractivity contribution in [3.8, 4) is 0 Å². The predicted octanol–water partition coefficient (Wildman–Crippen LogP) is 3.67. The number of nitrogens with zero attached hydrogens (tertiary/aromatic N) is 2. The van der Waals surface area contributed by atoms with Gasteiger partial charge < -0.3 is 4.90 Å². The van der Waals surface area contributed by atoms with Crippen molar-refractivity contribution >= 4 is 44.9 Å².